The summed E-state index contributed by atoms with van der Waals surface area (Å²) in [5, 5.41) is 14.3. The zero-order valence-electron chi connectivity index (χ0n) is 18.3. The zero-order chi connectivity index (χ0) is 22.0. The Hall–Kier alpha value is -2.01. The Labute approximate surface area is 182 Å². The Morgan fingerprint density at radius 2 is 1.80 bits per heavy atom. The summed E-state index contributed by atoms with van der Waals surface area (Å²) in [6.07, 6.45) is 2.49. The Bertz CT molecular complexity index is 962. The summed E-state index contributed by atoms with van der Waals surface area (Å²) in [7, 11) is 1.46. The molecule has 3 aliphatic rings. The van der Waals surface area contributed by atoms with Crippen LogP contribution in [0.15, 0.2) is 23.4 Å². The van der Waals surface area contributed by atoms with E-state index in [0.717, 1.165) is 18.5 Å². The highest BCUT2D eigenvalue weighted by molar-refractivity contribution is 6.33. The van der Waals surface area contributed by atoms with Crippen molar-refractivity contribution in [3.63, 3.8) is 0 Å². The van der Waals surface area contributed by atoms with E-state index >= 15 is 0 Å². The molecule has 162 valence electrons. The maximum Gasteiger partial charge on any atom is 0.177 e. The van der Waals surface area contributed by atoms with Gasteiger partial charge in [-0.15, -0.1) is 0 Å². The number of methoxy groups -OCH3 is 1. The summed E-state index contributed by atoms with van der Waals surface area (Å²) < 4.78 is 5.19. The van der Waals surface area contributed by atoms with E-state index in [9.17, 15) is 14.7 Å². The van der Waals surface area contributed by atoms with Crippen LogP contribution < -0.4 is 10.1 Å². The molecule has 1 aliphatic heterocycles. The highest BCUT2D eigenvalue weighted by Crippen LogP contribution is 2.54. The van der Waals surface area contributed by atoms with Crippen LogP contribution in [0.5, 0.6) is 11.5 Å². The van der Waals surface area contributed by atoms with Gasteiger partial charge in [-0.25, -0.2) is 0 Å². The summed E-state index contributed by atoms with van der Waals surface area (Å²) in [6, 6.07) is 3.38. The second kappa shape index (κ2) is 7.01. The molecule has 5 nitrogen and oxygen atoms in total. The van der Waals surface area contributed by atoms with Gasteiger partial charge in [-0.1, -0.05) is 45.4 Å². The lowest BCUT2D eigenvalue weighted by Crippen LogP contribution is -2.55. The maximum absolute atomic E-state index is 13.4. The van der Waals surface area contributed by atoms with Crippen LogP contribution in [-0.4, -0.2) is 29.8 Å². The second-order valence-electron chi connectivity index (χ2n) is 10.6. The number of phenolic OH excluding ortho intramolecular Hbond substituents is 1. The molecule has 1 aromatic rings. The van der Waals surface area contributed by atoms with Crippen molar-refractivity contribution >= 4 is 23.2 Å². The molecule has 30 heavy (non-hydrogen) atoms. The predicted octanol–water partition coefficient (Wildman–Crippen LogP) is 4.76. The van der Waals surface area contributed by atoms with Crippen molar-refractivity contribution in [1.82, 2.24) is 5.32 Å². The average Bonchev–Trinajstić information content (AvgIpc) is 2.60. The Morgan fingerprint density at radius 3 is 2.47 bits per heavy atom. The van der Waals surface area contributed by atoms with E-state index in [1.54, 1.807) is 12.1 Å². The van der Waals surface area contributed by atoms with Gasteiger partial charge in [-0.05, 0) is 35.3 Å². The highest BCUT2D eigenvalue weighted by atomic mass is 35.5. The number of nitrogens with one attached hydrogen (secondary N) is 1. The Morgan fingerprint density at radius 1 is 1.10 bits per heavy atom. The molecule has 1 saturated carbocycles. The number of ether oxygens (including phenoxy) is 1. The molecule has 0 saturated heterocycles. The van der Waals surface area contributed by atoms with Crippen LogP contribution in [0.25, 0.3) is 0 Å². The van der Waals surface area contributed by atoms with Crippen LogP contribution >= 0.6 is 11.6 Å². The number of phenols is 1. The fraction of sp³-hybridized carbons (Fsp3) is 0.583. The number of ketones is 2. The highest BCUT2D eigenvalue weighted by Gasteiger charge is 2.52. The van der Waals surface area contributed by atoms with Crippen LogP contribution in [0.4, 0.5) is 0 Å². The first-order valence-corrected chi connectivity index (χ1v) is 10.9. The first-order chi connectivity index (χ1) is 13.9. The predicted molar refractivity (Wildman–Crippen MR) is 116 cm³/mol. The van der Waals surface area contributed by atoms with E-state index in [4.69, 9.17) is 16.3 Å². The standard InChI is InChI=1S/C24H30ClNO4/c1-23(2)8-13-19(15(27)10-23)18(12-6-7-17(30-5)22(29)21(12)25)20-14(26-13)9-24(3,4)11-16(20)28/h6-7,13,18-19,26,29H,8-11H2,1-5H3/t13-,18+,19-/m1/s1. The normalized spacial score (nSPS) is 29.7. The molecule has 0 radical (unpaired) electrons. The number of hydrogen-bond donors (Lipinski definition) is 2. The molecule has 4 rings (SSSR count). The molecule has 6 heteroatoms. The fourth-order valence-electron chi connectivity index (χ4n) is 5.71. The SMILES string of the molecule is COc1ccc([C@@H]2C3=C(CC(C)(C)CC3=O)N[C@@H]3CC(C)(C)CC(=O)[C@@H]32)c(Cl)c1O. The van der Waals surface area contributed by atoms with Crippen molar-refractivity contribution < 1.29 is 19.4 Å². The number of hydrogen-bond acceptors (Lipinski definition) is 5. The van der Waals surface area contributed by atoms with E-state index in [1.165, 1.54) is 7.11 Å². The third kappa shape index (κ3) is 3.41. The first kappa shape index (κ1) is 21.2. The van der Waals surface area contributed by atoms with Crippen LogP contribution in [0.3, 0.4) is 0 Å². The second-order valence-corrected chi connectivity index (χ2v) is 11.0. The smallest absolute Gasteiger partial charge is 0.177 e. The molecule has 0 unspecified atom stereocenters. The summed E-state index contributed by atoms with van der Waals surface area (Å²) in [4.78, 5) is 26.7. The number of carbonyl (C=O) groups is 2. The van der Waals surface area contributed by atoms with Crippen LogP contribution in [0, 0.1) is 16.7 Å². The molecule has 0 bridgehead atoms. The summed E-state index contributed by atoms with van der Waals surface area (Å²) in [6.45, 7) is 8.42. The molecule has 0 spiro atoms. The number of benzene rings is 1. The van der Waals surface area contributed by atoms with E-state index in [-0.39, 0.29) is 50.9 Å². The van der Waals surface area contributed by atoms with Crippen molar-refractivity contribution in [3.05, 3.63) is 34.0 Å². The Balaban J connectivity index is 1.92. The molecule has 3 atom stereocenters. The number of carbonyl (C=O) groups excluding carboxylic acids is 2. The number of Topliss-reactive ketones (excluding diaryl/α,β-unsaturated/α-hetero) is 2. The molecule has 2 N–H and O–H groups in total. The van der Waals surface area contributed by atoms with Crippen LogP contribution in [0.1, 0.15) is 64.9 Å². The van der Waals surface area contributed by atoms with Crippen molar-refractivity contribution in [1.29, 1.82) is 0 Å². The van der Waals surface area contributed by atoms with E-state index < -0.39 is 5.92 Å². The van der Waals surface area contributed by atoms with Gasteiger partial charge >= 0.3 is 0 Å². The molecular weight excluding hydrogens is 402 g/mol. The van der Waals surface area contributed by atoms with Crippen LogP contribution in [0.2, 0.25) is 5.02 Å². The van der Waals surface area contributed by atoms with Gasteiger partial charge in [0.1, 0.15) is 5.78 Å². The molecule has 1 aromatic carbocycles. The lowest BCUT2D eigenvalue weighted by molar-refractivity contribution is -0.130. The minimum atomic E-state index is -0.456. The van der Waals surface area contributed by atoms with E-state index in [0.29, 0.717) is 24.0 Å². The summed E-state index contributed by atoms with van der Waals surface area (Å²) in [5.41, 5.74) is 1.98. The van der Waals surface area contributed by atoms with E-state index in [2.05, 4.69) is 33.0 Å². The number of allylic oxidation sites excluding steroid dienone is 2. The van der Waals surface area contributed by atoms with Gasteiger partial charge in [0.05, 0.1) is 12.1 Å². The maximum atomic E-state index is 13.4. The zero-order valence-corrected chi connectivity index (χ0v) is 19.0. The quantitative estimate of drug-likeness (QED) is 0.706. The number of fused-ring (bicyclic) bond motifs is 1. The van der Waals surface area contributed by atoms with Gasteiger partial charge < -0.3 is 15.2 Å². The number of aromatic hydroxyl groups is 1. The van der Waals surface area contributed by atoms with Gasteiger partial charge in [-0.2, -0.15) is 0 Å². The average molecular weight is 432 g/mol. The molecule has 0 amide bonds. The third-order valence-electron chi connectivity index (χ3n) is 6.84. The lowest BCUT2D eigenvalue weighted by atomic mass is 9.59. The number of halogens is 1. The fourth-order valence-corrected chi connectivity index (χ4v) is 5.99. The lowest BCUT2D eigenvalue weighted by Gasteiger charge is -2.50. The van der Waals surface area contributed by atoms with Crippen molar-refractivity contribution in [2.24, 2.45) is 16.7 Å². The van der Waals surface area contributed by atoms with Crippen molar-refractivity contribution in [2.45, 2.75) is 65.3 Å². The topological polar surface area (TPSA) is 75.6 Å². The van der Waals surface area contributed by atoms with Crippen molar-refractivity contribution in [3.8, 4) is 11.5 Å². The molecule has 1 fully saturated rings. The number of rotatable bonds is 2. The minimum absolute atomic E-state index is 0.0567. The summed E-state index contributed by atoms with van der Waals surface area (Å²) in [5.74, 6) is -0.516. The first-order valence-electron chi connectivity index (χ1n) is 10.5. The van der Waals surface area contributed by atoms with Gasteiger partial charge in [0.15, 0.2) is 17.3 Å². The van der Waals surface area contributed by atoms with E-state index in [1.807, 2.05) is 0 Å². The molecular formula is C24H30ClNO4. The van der Waals surface area contributed by atoms with Gasteiger partial charge in [0.2, 0.25) is 0 Å². The van der Waals surface area contributed by atoms with Crippen LogP contribution in [-0.2, 0) is 9.59 Å². The molecule has 0 aromatic heterocycles. The largest absolute Gasteiger partial charge is 0.503 e. The Kier molecular flexibility index (Phi) is 4.96. The van der Waals surface area contributed by atoms with Gasteiger partial charge in [0.25, 0.3) is 0 Å². The van der Waals surface area contributed by atoms with Gasteiger partial charge in [-0.3, -0.25) is 9.59 Å². The molecule has 2 aliphatic carbocycles. The van der Waals surface area contributed by atoms with Gasteiger partial charge in [0, 0.05) is 42.0 Å². The summed E-state index contributed by atoms with van der Waals surface area (Å²) >= 11 is 6.58. The monoisotopic (exact) mass is 431 g/mol. The minimum Gasteiger partial charge on any atom is -0.503 e. The van der Waals surface area contributed by atoms with Crippen molar-refractivity contribution in [2.75, 3.05) is 7.11 Å². The third-order valence-corrected chi connectivity index (χ3v) is 7.24. The molecule has 1 heterocycles.